The van der Waals surface area contributed by atoms with Gasteiger partial charge in [-0.15, -0.1) is 0 Å². The number of hydrogen-bond donors (Lipinski definition) is 0. The number of halogens is 2. The number of alkyl halides is 2. The summed E-state index contributed by atoms with van der Waals surface area (Å²) in [6.07, 6.45) is 0.710. The van der Waals surface area contributed by atoms with E-state index < -0.39 is 6.43 Å². The Hall–Kier alpha value is -2.82. The van der Waals surface area contributed by atoms with Gasteiger partial charge in [0.2, 0.25) is 0 Å². The summed E-state index contributed by atoms with van der Waals surface area (Å²) in [7, 11) is 0. The Morgan fingerprint density at radius 2 is 1.61 bits per heavy atom. The highest BCUT2D eigenvalue weighted by Crippen LogP contribution is 2.23. The number of rotatable bonds is 4. The van der Waals surface area contributed by atoms with Crippen LogP contribution in [0.5, 0.6) is 0 Å². The quantitative estimate of drug-likeness (QED) is 0.802. The van der Waals surface area contributed by atoms with E-state index in [0.717, 1.165) is 4.90 Å². The highest BCUT2D eigenvalue weighted by Gasteiger charge is 2.33. The van der Waals surface area contributed by atoms with Gasteiger partial charge in [-0.1, -0.05) is 42.5 Å². The largest absolute Gasteiger partial charge is 0.270 e. The van der Waals surface area contributed by atoms with E-state index in [1.165, 1.54) is 12.1 Å². The van der Waals surface area contributed by atoms with Gasteiger partial charge in [0.1, 0.15) is 0 Å². The molecule has 0 bridgehead atoms. The molecule has 3 rings (SSSR count). The van der Waals surface area contributed by atoms with E-state index in [1.807, 2.05) is 0 Å². The monoisotopic (exact) mass is 313 g/mol. The summed E-state index contributed by atoms with van der Waals surface area (Å²) in [5.41, 5.74) is 1.32. The minimum atomic E-state index is -2.53. The van der Waals surface area contributed by atoms with E-state index >= 15 is 0 Å². The molecule has 116 valence electrons. The van der Waals surface area contributed by atoms with Gasteiger partial charge in [0.15, 0.2) is 0 Å². The molecule has 23 heavy (non-hydrogen) atoms. The standard InChI is InChI=1S/C18H13F2NO2/c19-16(20)13-7-3-5-12(11-13)6-4-10-21-17(22)14-8-1-2-9-15(14)18(21)23/h1-9,11,16H,10H2/b6-4+. The minimum absolute atomic E-state index is 0.0621. The average molecular weight is 313 g/mol. The Kier molecular flexibility index (Phi) is 4.02. The van der Waals surface area contributed by atoms with Crippen LogP contribution in [-0.4, -0.2) is 23.3 Å². The highest BCUT2D eigenvalue weighted by molar-refractivity contribution is 6.21. The molecule has 1 aliphatic rings. The Balaban J connectivity index is 1.73. The molecule has 2 aromatic carbocycles. The summed E-state index contributed by atoms with van der Waals surface area (Å²) >= 11 is 0. The summed E-state index contributed by atoms with van der Waals surface area (Å²) in [6, 6.07) is 12.6. The van der Waals surface area contributed by atoms with Crippen molar-refractivity contribution in [2.24, 2.45) is 0 Å². The molecular weight excluding hydrogens is 300 g/mol. The van der Waals surface area contributed by atoms with E-state index in [9.17, 15) is 18.4 Å². The van der Waals surface area contributed by atoms with Crippen LogP contribution in [0.3, 0.4) is 0 Å². The molecule has 0 N–H and O–H groups in total. The van der Waals surface area contributed by atoms with Crippen LogP contribution in [0.25, 0.3) is 6.08 Å². The van der Waals surface area contributed by atoms with Crippen molar-refractivity contribution in [1.29, 1.82) is 0 Å². The van der Waals surface area contributed by atoms with Gasteiger partial charge < -0.3 is 0 Å². The van der Waals surface area contributed by atoms with Crippen LogP contribution >= 0.6 is 0 Å². The third-order valence-corrected chi connectivity index (χ3v) is 3.64. The lowest BCUT2D eigenvalue weighted by Gasteiger charge is -2.10. The molecule has 2 aromatic rings. The molecule has 2 amide bonds. The van der Waals surface area contributed by atoms with Crippen molar-refractivity contribution in [3.05, 3.63) is 76.9 Å². The number of fused-ring (bicyclic) bond motifs is 1. The Labute approximate surface area is 131 Å². The zero-order valence-corrected chi connectivity index (χ0v) is 12.1. The molecule has 0 atom stereocenters. The maximum Gasteiger partial charge on any atom is 0.263 e. The molecule has 0 fully saturated rings. The second kappa shape index (κ2) is 6.12. The number of hydrogen-bond acceptors (Lipinski definition) is 2. The summed E-state index contributed by atoms with van der Waals surface area (Å²) in [6.45, 7) is 0.102. The van der Waals surface area contributed by atoms with E-state index in [4.69, 9.17) is 0 Å². The molecule has 0 aliphatic carbocycles. The molecule has 1 heterocycles. The maximum atomic E-state index is 12.6. The lowest BCUT2D eigenvalue weighted by atomic mass is 10.1. The first-order chi connectivity index (χ1) is 11.1. The molecule has 1 aliphatic heterocycles. The van der Waals surface area contributed by atoms with Gasteiger partial charge in [0, 0.05) is 12.1 Å². The van der Waals surface area contributed by atoms with Crippen LogP contribution in [0.15, 0.2) is 54.6 Å². The molecule has 0 saturated heterocycles. The molecule has 0 saturated carbocycles. The molecule has 0 unspecified atom stereocenters. The van der Waals surface area contributed by atoms with Crippen molar-refractivity contribution >= 4 is 17.9 Å². The lowest BCUT2D eigenvalue weighted by Crippen LogP contribution is -2.29. The molecule has 0 spiro atoms. The molecule has 3 nitrogen and oxygen atoms in total. The number of amides is 2. The Morgan fingerprint density at radius 3 is 2.22 bits per heavy atom. The van der Waals surface area contributed by atoms with Crippen molar-refractivity contribution in [2.75, 3.05) is 6.54 Å². The zero-order chi connectivity index (χ0) is 16.4. The van der Waals surface area contributed by atoms with Gasteiger partial charge in [0.25, 0.3) is 18.2 Å². The van der Waals surface area contributed by atoms with Crippen LogP contribution < -0.4 is 0 Å². The summed E-state index contributed by atoms with van der Waals surface area (Å²) in [5, 5.41) is 0. The van der Waals surface area contributed by atoms with Gasteiger partial charge in [-0.3, -0.25) is 14.5 Å². The van der Waals surface area contributed by atoms with E-state index in [0.29, 0.717) is 16.7 Å². The number of carbonyl (C=O) groups is 2. The SMILES string of the molecule is O=C1c2ccccc2C(=O)N1C/C=C/c1cccc(C(F)F)c1. The number of imide groups is 1. The molecule has 0 aromatic heterocycles. The van der Waals surface area contributed by atoms with Crippen LogP contribution in [0.4, 0.5) is 8.78 Å². The van der Waals surface area contributed by atoms with Gasteiger partial charge >= 0.3 is 0 Å². The molecule has 0 radical (unpaired) electrons. The van der Waals surface area contributed by atoms with Crippen molar-refractivity contribution in [1.82, 2.24) is 4.90 Å². The number of nitrogens with zero attached hydrogens (tertiary/aromatic N) is 1. The number of carbonyl (C=O) groups excluding carboxylic acids is 2. The third kappa shape index (κ3) is 2.90. The fourth-order valence-corrected chi connectivity index (χ4v) is 2.50. The van der Waals surface area contributed by atoms with Crippen molar-refractivity contribution in [3.63, 3.8) is 0 Å². The van der Waals surface area contributed by atoms with Gasteiger partial charge in [-0.2, -0.15) is 0 Å². The van der Waals surface area contributed by atoms with Crippen LogP contribution in [0, 0.1) is 0 Å². The Morgan fingerprint density at radius 1 is 0.957 bits per heavy atom. The van der Waals surface area contributed by atoms with Crippen LogP contribution in [-0.2, 0) is 0 Å². The predicted octanol–water partition coefficient (Wildman–Crippen LogP) is 3.93. The predicted molar refractivity (Wildman–Crippen MR) is 82.2 cm³/mol. The van der Waals surface area contributed by atoms with E-state index in [2.05, 4.69) is 0 Å². The van der Waals surface area contributed by atoms with Crippen molar-refractivity contribution in [2.45, 2.75) is 6.43 Å². The minimum Gasteiger partial charge on any atom is -0.270 e. The van der Waals surface area contributed by atoms with E-state index in [1.54, 1.807) is 48.6 Å². The average Bonchev–Trinajstić information content (AvgIpc) is 2.80. The van der Waals surface area contributed by atoms with E-state index in [-0.39, 0.29) is 23.9 Å². The first-order valence-electron chi connectivity index (χ1n) is 7.08. The summed E-state index contributed by atoms with van der Waals surface area (Å²) in [5.74, 6) is -0.673. The number of benzene rings is 2. The van der Waals surface area contributed by atoms with Crippen molar-refractivity contribution in [3.8, 4) is 0 Å². The van der Waals surface area contributed by atoms with Gasteiger partial charge in [-0.05, 0) is 23.8 Å². The fraction of sp³-hybridized carbons (Fsp3) is 0.111. The second-order valence-corrected chi connectivity index (χ2v) is 5.14. The second-order valence-electron chi connectivity index (χ2n) is 5.14. The van der Waals surface area contributed by atoms with Crippen molar-refractivity contribution < 1.29 is 18.4 Å². The fourth-order valence-electron chi connectivity index (χ4n) is 2.50. The maximum absolute atomic E-state index is 12.6. The van der Waals surface area contributed by atoms with Gasteiger partial charge in [-0.25, -0.2) is 8.78 Å². The lowest BCUT2D eigenvalue weighted by molar-refractivity contribution is 0.0672. The normalized spacial score (nSPS) is 14.1. The zero-order valence-electron chi connectivity index (χ0n) is 12.1. The summed E-state index contributed by atoms with van der Waals surface area (Å²) < 4.78 is 25.3. The molecular formula is C18H13F2NO2. The van der Waals surface area contributed by atoms with Gasteiger partial charge in [0.05, 0.1) is 11.1 Å². The Bertz CT molecular complexity index is 764. The smallest absolute Gasteiger partial charge is 0.263 e. The first kappa shape index (κ1) is 15.1. The third-order valence-electron chi connectivity index (χ3n) is 3.64. The van der Waals surface area contributed by atoms with Crippen LogP contribution in [0.1, 0.15) is 38.3 Å². The highest BCUT2D eigenvalue weighted by atomic mass is 19.3. The molecule has 5 heteroatoms. The van der Waals surface area contributed by atoms with Crippen LogP contribution in [0.2, 0.25) is 0 Å². The summed E-state index contributed by atoms with van der Waals surface area (Å²) in [4.78, 5) is 25.5. The first-order valence-corrected chi connectivity index (χ1v) is 7.08. The topological polar surface area (TPSA) is 37.4 Å².